The fourth-order valence-corrected chi connectivity index (χ4v) is 2.09. The first-order valence-corrected chi connectivity index (χ1v) is 6.22. The van der Waals surface area contributed by atoms with E-state index in [2.05, 4.69) is 0 Å². The standard InChI is InChI=1S/C12H7Cl2NO6/c13-8-3-6(15(18)19)4-9(14)11(8)20-5-7-1-2-10(21-7)12(16)17/h1-4H,5H2,(H,16,17). The maximum atomic E-state index is 10.7. The Balaban J connectivity index is 2.16. The minimum Gasteiger partial charge on any atom is -0.483 e. The maximum Gasteiger partial charge on any atom is 0.371 e. The summed E-state index contributed by atoms with van der Waals surface area (Å²) in [5, 5.41) is 19.3. The predicted octanol–water partition coefficient (Wildman–Crippen LogP) is 3.77. The van der Waals surface area contributed by atoms with Gasteiger partial charge in [-0.25, -0.2) is 4.79 Å². The molecule has 2 rings (SSSR count). The van der Waals surface area contributed by atoms with Crippen LogP contribution < -0.4 is 4.74 Å². The quantitative estimate of drug-likeness (QED) is 0.660. The molecule has 1 heterocycles. The second-order valence-electron chi connectivity index (χ2n) is 3.86. The highest BCUT2D eigenvalue weighted by Crippen LogP contribution is 2.37. The molecule has 0 amide bonds. The van der Waals surface area contributed by atoms with Gasteiger partial charge < -0.3 is 14.3 Å². The van der Waals surface area contributed by atoms with Gasteiger partial charge in [0.1, 0.15) is 12.4 Å². The Morgan fingerprint density at radius 2 is 1.95 bits per heavy atom. The number of hydrogen-bond acceptors (Lipinski definition) is 5. The number of nitro benzene ring substituents is 1. The van der Waals surface area contributed by atoms with Crippen molar-refractivity contribution in [2.75, 3.05) is 0 Å². The van der Waals surface area contributed by atoms with Crippen molar-refractivity contribution in [1.29, 1.82) is 0 Å². The fraction of sp³-hybridized carbons (Fsp3) is 0.0833. The lowest BCUT2D eigenvalue weighted by Gasteiger charge is -2.08. The molecule has 2 aromatic rings. The first-order chi connectivity index (χ1) is 9.88. The average molecular weight is 332 g/mol. The van der Waals surface area contributed by atoms with Gasteiger partial charge in [0.15, 0.2) is 5.75 Å². The number of rotatable bonds is 5. The zero-order valence-electron chi connectivity index (χ0n) is 10.2. The van der Waals surface area contributed by atoms with Gasteiger partial charge in [0, 0.05) is 12.1 Å². The van der Waals surface area contributed by atoms with Crippen LogP contribution in [0.1, 0.15) is 16.3 Å². The molecule has 0 saturated carbocycles. The van der Waals surface area contributed by atoms with Gasteiger partial charge in [-0.1, -0.05) is 23.2 Å². The van der Waals surface area contributed by atoms with Crippen molar-refractivity contribution >= 4 is 34.9 Å². The van der Waals surface area contributed by atoms with Crippen LogP contribution in [0.25, 0.3) is 0 Å². The second-order valence-corrected chi connectivity index (χ2v) is 4.67. The predicted molar refractivity (Wildman–Crippen MR) is 73.1 cm³/mol. The molecule has 0 atom stereocenters. The Morgan fingerprint density at radius 1 is 1.33 bits per heavy atom. The summed E-state index contributed by atoms with van der Waals surface area (Å²) in [6.07, 6.45) is 0. The Hall–Kier alpha value is -2.25. The number of aromatic carboxylic acids is 1. The van der Waals surface area contributed by atoms with Crippen molar-refractivity contribution in [3.05, 3.63) is 55.9 Å². The number of hydrogen-bond donors (Lipinski definition) is 1. The zero-order chi connectivity index (χ0) is 15.6. The van der Waals surface area contributed by atoms with E-state index in [9.17, 15) is 14.9 Å². The van der Waals surface area contributed by atoms with Crippen LogP contribution in [0.2, 0.25) is 10.0 Å². The van der Waals surface area contributed by atoms with E-state index in [0.717, 1.165) is 12.1 Å². The van der Waals surface area contributed by atoms with E-state index in [-0.39, 0.29) is 39.6 Å². The second kappa shape index (κ2) is 6.02. The number of halogens is 2. The maximum absolute atomic E-state index is 10.7. The minimum absolute atomic E-state index is 0.0285. The van der Waals surface area contributed by atoms with Gasteiger partial charge in [0.25, 0.3) is 5.69 Å². The number of benzene rings is 1. The number of carboxylic acids is 1. The molecule has 0 spiro atoms. The summed E-state index contributed by atoms with van der Waals surface area (Å²) in [6, 6.07) is 4.91. The Kier molecular flexibility index (Phi) is 4.35. The van der Waals surface area contributed by atoms with Crippen LogP contribution >= 0.6 is 23.2 Å². The largest absolute Gasteiger partial charge is 0.483 e. The molecule has 21 heavy (non-hydrogen) atoms. The highest BCUT2D eigenvalue weighted by Gasteiger charge is 2.17. The summed E-state index contributed by atoms with van der Waals surface area (Å²) in [6.45, 7) is -0.121. The van der Waals surface area contributed by atoms with E-state index >= 15 is 0 Å². The lowest BCUT2D eigenvalue weighted by atomic mass is 10.3. The summed E-state index contributed by atoms with van der Waals surface area (Å²) < 4.78 is 10.3. The van der Waals surface area contributed by atoms with E-state index in [1.165, 1.54) is 12.1 Å². The highest BCUT2D eigenvalue weighted by molar-refractivity contribution is 6.37. The number of nitro groups is 1. The number of furan rings is 1. The summed E-state index contributed by atoms with van der Waals surface area (Å²) in [5.41, 5.74) is -0.261. The molecular formula is C12H7Cl2NO6. The molecule has 1 aromatic carbocycles. The molecule has 1 N–H and O–H groups in total. The Labute approximate surface area is 127 Å². The molecular weight excluding hydrogens is 325 g/mol. The molecule has 7 nitrogen and oxygen atoms in total. The van der Waals surface area contributed by atoms with Gasteiger partial charge in [-0.3, -0.25) is 10.1 Å². The van der Waals surface area contributed by atoms with Crippen molar-refractivity contribution < 1.29 is 24.0 Å². The summed E-state index contributed by atoms with van der Waals surface area (Å²) in [7, 11) is 0. The van der Waals surface area contributed by atoms with Crippen molar-refractivity contribution in [3.63, 3.8) is 0 Å². The van der Waals surface area contributed by atoms with E-state index in [1.807, 2.05) is 0 Å². The van der Waals surface area contributed by atoms with Gasteiger partial charge in [-0.2, -0.15) is 0 Å². The van der Waals surface area contributed by atoms with Crippen LogP contribution in [0.4, 0.5) is 5.69 Å². The summed E-state index contributed by atoms with van der Waals surface area (Å²) in [4.78, 5) is 20.7. The Bertz CT molecular complexity index is 689. The van der Waals surface area contributed by atoms with E-state index < -0.39 is 10.9 Å². The lowest BCUT2D eigenvalue weighted by molar-refractivity contribution is -0.384. The first kappa shape index (κ1) is 15.1. The van der Waals surface area contributed by atoms with Gasteiger partial charge in [-0.05, 0) is 12.1 Å². The van der Waals surface area contributed by atoms with E-state index in [4.69, 9.17) is 37.5 Å². The van der Waals surface area contributed by atoms with Crippen molar-refractivity contribution in [2.24, 2.45) is 0 Å². The van der Waals surface area contributed by atoms with Gasteiger partial charge in [0.05, 0.1) is 15.0 Å². The monoisotopic (exact) mass is 331 g/mol. The molecule has 9 heteroatoms. The summed E-state index contributed by atoms with van der Waals surface area (Å²) in [5.74, 6) is -1.13. The van der Waals surface area contributed by atoms with Crippen LogP contribution in [0.15, 0.2) is 28.7 Å². The zero-order valence-corrected chi connectivity index (χ0v) is 11.7. The van der Waals surface area contributed by atoms with Gasteiger partial charge >= 0.3 is 5.97 Å². The van der Waals surface area contributed by atoms with Crippen LogP contribution in [0, 0.1) is 10.1 Å². The van der Waals surface area contributed by atoms with Gasteiger partial charge in [-0.15, -0.1) is 0 Å². The molecule has 0 aliphatic carbocycles. The van der Waals surface area contributed by atoms with Gasteiger partial charge in [0.2, 0.25) is 5.76 Å². The third-order valence-electron chi connectivity index (χ3n) is 2.43. The van der Waals surface area contributed by atoms with Crippen molar-refractivity contribution in [1.82, 2.24) is 0 Å². The number of carboxylic acid groups (broad SMARTS) is 1. The Morgan fingerprint density at radius 3 is 2.43 bits per heavy atom. The molecule has 0 saturated heterocycles. The molecule has 0 unspecified atom stereocenters. The smallest absolute Gasteiger partial charge is 0.371 e. The number of nitrogens with zero attached hydrogens (tertiary/aromatic N) is 1. The first-order valence-electron chi connectivity index (χ1n) is 5.46. The van der Waals surface area contributed by atoms with E-state index in [1.54, 1.807) is 0 Å². The number of carbonyl (C=O) groups is 1. The van der Waals surface area contributed by atoms with Crippen LogP contribution in [-0.4, -0.2) is 16.0 Å². The van der Waals surface area contributed by atoms with E-state index in [0.29, 0.717) is 0 Å². The van der Waals surface area contributed by atoms with Crippen LogP contribution in [0.5, 0.6) is 5.75 Å². The molecule has 110 valence electrons. The summed E-state index contributed by atoms with van der Waals surface area (Å²) >= 11 is 11.7. The number of ether oxygens (including phenoxy) is 1. The van der Waals surface area contributed by atoms with Crippen molar-refractivity contribution in [3.8, 4) is 5.75 Å². The molecule has 0 aliphatic rings. The molecule has 1 aromatic heterocycles. The molecule has 0 bridgehead atoms. The molecule has 0 aliphatic heterocycles. The van der Waals surface area contributed by atoms with Crippen LogP contribution in [-0.2, 0) is 6.61 Å². The van der Waals surface area contributed by atoms with Crippen LogP contribution in [0.3, 0.4) is 0 Å². The molecule has 0 radical (unpaired) electrons. The lowest BCUT2D eigenvalue weighted by Crippen LogP contribution is -1.97. The number of non-ortho nitro benzene ring substituents is 1. The normalized spacial score (nSPS) is 10.4. The topological polar surface area (TPSA) is 103 Å². The highest BCUT2D eigenvalue weighted by atomic mass is 35.5. The molecule has 0 fully saturated rings. The third kappa shape index (κ3) is 3.45. The fourth-order valence-electron chi connectivity index (χ4n) is 1.50. The minimum atomic E-state index is -1.20. The van der Waals surface area contributed by atoms with Crippen molar-refractivity contribution in [2.45, 2.75) is 6.61 Å². The third-order valence-corrected chi connectivity index (χ3v) is 2.99. The average Bonchev–Trinajstić information content (AvgIpc) is 2.86. The SMILES string of the molecule is O=C(O)c1ccc(COc2c(Cl)cc([N+](=O)[O-])cc2Cl)o1.